The van der Waals surface area contributed by atoms with Crippen LogP contribution < -0.4 is 4.90 Å². The normalized spacial score (nSPS) is 13.3. The Labute approximate surface area is 262 Å². The molecule has 214 valence electrons. The van der Waals surface area contributed by atoms with Gasteiger partial charge < -0.3 is 9.32 Å². The van der Waals surface area contributed by atoms with E-state index in [9.17, 15) is 0 Å². The van der Waals surface area contributed by atoms with Crippen LogP contribution in [0, 0.1) is 0 Å². The summed E-state index contributed by atoms with van der Waals surface area (Å²) in [7, 11) is 0. The van der Waals surface area contributed by atoms with Crippen molar-refractivity contribution < 1.29 is 4.42 Å². The third kappa shape index (κ3) is 3.96. The first-order valence-electron chi connectivity index (χ1n) is 15.6. The van der Waals surface area contributed by atoms with Crippen LogP contribution in [0.25, 0.3) is 55.0 Å². The van der Waals surface area contributed by atoms with E-state index in [0.717, 1.165) is 28.2 Å². The van der Waals surface area contributed by atoms with Crippen LogP contribution in [-0.4, -0.2) is 0 Å². The Bertz CT molecular complexity index is 2400. The van der Waals surface area contributed by atoms with E-state index in [1.54, 1.807) is 0 Å². The van der Waals surface area contributed by atoms with Crippen LogP contribution >= 0.6 is 0 Å². The second-order valence-electron chi connectivity index (χ2n) is 12.6. The molecule has 0 aliphatic heterocycles. The summed E-state index contributed by atoms with van der Waals surface area (Å²) in [6.07, 6.45) is 0. The summed E-state index contributed by atoms with van der Waals surface area (Å²) in [6, 6.07) is 54.6. The van der Waals surface area contributed by atoms with E-state index in [0.29, 0.717) is 0 Å². The predicted molar refractivity (Wildman–Crippen MR) is 189 cm³/mol. The number of rotatable bonds is 4. The molecule has 0 radical (unpaired) electrons. The number of fused-ring (bicyclic) bond motifs is 8. The standard InChI is InChI=1S/C43H31NO/c1-43(2)39-27-34(22-23-35(39)37-24-25-38-36-14-8-9-15-40(36)45-42(38)41(37)43)44(32-12-4-3-5-13-32)33-20-18-29(19-21-33)31-17-16-28-10-6-7-11-30(28)26-31/h3-27H,1-2H3. The molecule has 9 rings (SSSR count). The third-order valence-electron chi connectivity index (χ3n) is 9.62. The largest absolute Gasteiger partial charge is 0.456 e. The second-order valence-corrected chi connectivity index (χ2v) is 12.6. The molecule has 0 bridgehead atoms. The third-order valence-corrected chi connectivity index (χ3v) is 9.62. The lowest BCUT2D eigenvalue weighted by molar-refractivity contribution is 0.620. The van der Waals surface area contributed by atoms with Crippen molar-refractivity contribution in [3.63, 3.8) is 0 Å². The molecule has 0 saturated carbocycles. The van der Waals surface area contributed by atoms with Crippen LogP contribution in [0.3, 0.4) is 0 Å². The minimum Gasteiger partial charge on any atom is -0.456 e. The fraction of sp³-hybridized carbons (Fsp3) is 0.0698. The molecule has 0 N–H and O–H groups in total. The quantitative estimate of drug-likeness (QED) is 0.207. The minimum absolute atomic E-state index is 0.226. The summed E-state index contributed by atoms with van der Waals surface area (Å²) in [6.45, 7) is 4.67. The summed E-state index contributed by atoms with van der Waals surface area (Å²) in [5, 5.41) is 4.87. The zero-order valence-electron chi connectivity index (χ0n) is 25.3. The number of hydrogen-bond donors (Lipinski definition) is 0. The summed E-state index contributed by atoms with van der Waals surface area (Å²) in [5.74, 6) is 0. The van der Waals surface area contributed by atoms with E-state index in [2.05, 4.69) is 164 Å². The highest BCUT2D eigenvalue weighted by Crippen LogP contribution is 2.54. The van der Waals surface area contributed by atoms with E-state index in [1.807, 2.05) is 6.07 Å². The van der Waals surface area contributed by atoms with Gasteiger partial charge in [-0.05, 0) is 93.2 Å². The lowest BCUT2D eigenvalue weighted by Gasteiger charge is -2.28. The van der Waals surface area contributed by atoms with Crippen molar-refractivity contribution in [3.05, 3.63) is 163 Å². The Morgan fingerprint density at radius 2 is 1.16 bits per heavy atom. The molecule has 2 heteroatoms. The van der Waals surface area contributed by atoms with E-state index in [4.69, 9.17) is 4.42 Å². The van der Waals surface area contributed by atoms with Crippen molar-refractivity contribution in [1.82, 2.24) is 0 Å². The Hall–Kier alpha value is -5.60. The Morgan fingerprint density at radius 1 is 0.489 bits per heavy atom. The average Bonchev–Trinajstić information content (AvgIpc) is 3.57. The molecule has 1 aliphatic carbocycles. The first kappa shape index (κ1) is 25.9. The molecule has 0 unspecified atom stereocenters. The van der Waals surface area contributed by atoms with E-state index < -0.39 is 0 Å². The lowest BCUT2D eigenvalue weighted by atomic mass is 9.81. The Balaban J connectivity index is 1.15. The zero-order chi connectivity index (χ0) is 30.1. The monoisotopic (exact) mass is 577 g/mol. The van der Waals surface area contributed by atoms with Gasteiger partial charge in [0.15, 0.2) is 0 Å². The molecule has 8 aromatic rings. The van der Waals surface area contributed by atoms with Gasteiger partial charge in [-0.2, -0.15) is 0 Å². The number of para-hydroxylation sites is 2. The maximum atomic E-state index is 6.54. The van der Waals surface area contributed by atoms with Gasteiger partial charge in [-0.15, -0.1) is 0 Å². The summed E-state index contributed by atoms with van der Waals surface area (Å²) < 4.78 is 6.54. The molecule has 0 spiro atoms. The highest BCUT2D eigenvalue weighted by Gasteiger charge is 2.39. The topological polar surface area (TPSA) is 16.4 Å². The summed E-state index contributed by atoms with van der Waals surface area (Å²) >= 11 is 0. The number of furan rings is 1. The van der Waals surface area contributed by atoms with Crippen LogP contribution in [0.5, 0.6) is 0 Å². The molecule has 0 atom stereocenters. The molecule has 1 heterocycles. The molecule has 7 aromatic carbocycles. The van der Waals surface area contributed by atoms with Gasteiger partial charge >= 0.3 is 0 Å². The van der Waals surface area contributed by atoms with Crippen molar-refractivity contribution in [2.24, 2.45) is 0 Å². The van der Waals surface area contributed by atoms with Gasteiger partial charge in [0.25, 0.3) is 0 Å². The smallest absolute Gasteiger partial charge is 0.140 e. The van der Waals surface area contributed by atoms with Crippen LogP contribution in [0.15, 0.2) is 156 Å². The highest BCUT2D eigenvalue weighted by molar-refractivity contribution is 6.09. The Kier molecular flexibility index (Phi) is 5.58. The van der Waals surface area contributed by atoms with Crippen molar-refractivity contribution in [2.75, 3.05) is 4.90 Å². The second kappa shape index (κ2) is 9.70. The number of hydrogen-bond acceptors (Lipinski definition) is 2. The van der Waals surface area contributed by atoms with Crippen molar-refractivity contribution >= 4 is 49.8 Å². The van der Waals surface area contributed by atoms with E-state index in [-0.39, 0.29) is 5.41 Å². The Morgan fingerprint density at radius 3 is 2.00 bits per heavy atom. The number of nitrogens with zero attached hydrogens (tertiary/aromatic N) is 1. The van der Waals surface area contributed by atoms with Gasteiger partial charge in [-0.1, -0.05) is 111 Å². The van der Waals surface area contributed by atoms with Crippen LogP contribution in [0.2, 0.25) is 0 Å². The molecule has 2 nitrogen and oxygen atoms in total. The first-order valence-corrected chi connectivity index (χ1v) is 15.6. The molecule has 0 fully saturated rings. The minimum atomic E-state index is -0.226. The molecular formula is C43H31NO. The van der Waals surface area contributed by atoms with Crippen LogP contribution in [-0.2, 0) is 5.41 Å². The highest BCUT2D eigenvalue weighted by atomic mass is 16.3. The molecular weight excluding hydrogens is 546 g/mol. The van der Waals surface area contributed by atoms with Gasteiger partial charge in [0.1, 0.15) is 11.2 Å². The number of benzene rings is 7. The van der Waals surface area contributed by atoms with Crippen molar-refractivity contribution in [2.45, 2.75) is 19.3 Å². The van der Waals surface area contributed by atoms with Crippen molar-refractivity contribution in [3.8, 4) is 22.3 Å². The maximum absolute atomic E-state index is 6.54. The van der Waals surface area contributed by atoms with Gasteiger partial charge in [0.05, 0.1) is 0 Å². The van der Waals surface area contributed by atoms with Gasteiger partial charge in [-0.25, -0.2) is 0 Å². The van der Waals surface area contributed by atoms with Gasteiger partial charge in [0, 0.05) is 38.8 Å². The molecule has 1 aromatic heterocycles. The fourth-order valence-electron chi connectivity index (χ4n) is 7.39. The fourth-order valence-corrected chi connectivity index (χ4v) is 7.39. The summed E-state index contributed by atoms with van der Waals surface area (Å²) in [5.41, 5.74) is 12.7. The van der Waals surface area contributed by atoms with Gasteiger partial charge in [0.2, 0.25) is 0 Å². The summed E-state index contributed by atoms with van der Waals surface area (Å²) in [4.78, 5) is 2.36. The van der Waals surface area contributed by atoms with E-state index >= 15 is 0 Å². The predicted octanol–water partition coefficient (Wildman–Crippen LogP) is 12.2. The van der Waals surface area contributed by atoms with Crippen LogP contribution in [0.4, 0.5) is 17.1 Å². The zero-order valence-corrected chi connectivity index (χ0v) is 25.3. The van der Waals surface area contributed by atoms with E-state index in [1.165, 1.54) is 54.9 Å². The van der Waals surface area contributed by atoms with Crippen LogP contribution in [0.1, 0.15) is 25.0 Å². The van der Waals surface area contributed by atoms with Crippen molar-refractivity contribution in [1.29, 1.82) is 0 Å². The average molecular weight is 578 g/mol. The van der Waals surface area contributed by atoms with Gasteiger partial charge in [-0.3, -0.25) is 0 Å². The maximum Gasteiger partial charge on any atom is 0.140 e. The SMILES string of the molecule is CC1(C)c2cc(N(c3ccccc3)c3ccc(-c4ccc5ccccc5c4)cc3)ccc2-c2ccc3c(oc4ccccc43)c21. The molecule has 0 amide bonds. The lowest BCUT2D eigenvalue weighted by Crippen LogP contribution is -2.17. The molecule has 1 aliphatic rings. The molecule has 45 heavy (non-hydrogen) atoms. The first-order chi connectivity index (χ1) is 22.1. The molecule has 0 saturated heterocycles. The number of anilines is 3.